The number of thioether (sulfide) groups is 1. The number of halogens is 2. The van der Waals surface area contributed by atoms with Gasteiger partial charge in [0, 0.05) is 27.5 Å². The van der Waals surface area contributed by atoms with Gasteiger partial charge in [-0.3, -0.25) is 9.59 Å². The van der Waals surface area contributed by atoms with Gasteiger partial charge in [-0.15, -0.1) is 0 Å². The highest BCUT2D eigenvalue weighted by molar-refractivity contribution is 9.10. The molecule has 0 bridgehead atoms. The van der Waals surface area contributed by atoms with E-state index in [1.54, 1.807) is 12.1 Å². The lowest BCUT2D eigenvalue weighted by atomic mass is 9.87. The van der Waals surface area contributed by atoms with Crippen LogP contribution in [0, 0.1) is 18.3 Å². The Kier molecular flexibility index (Phi) is 7.01. The van der Waals surface area contributed by atoms with Crippen LogP contribution in [0.2, 0.25) is 5.02 Å². The molecular formula is C21H17BrClN3O2S. The Morgan fingerprint density at radius 2 is 2.17 bits per heavy atom. The molecule has 0 aliphatic carbocycles. The summed E-state index contributed by atoms with van der Waals surface area (Å²) in [5.41, 5.74) is 2.85. The average Bonchev–Trinajstić information content (AvgIpc) is 2.68. The molecule has 1 atom stereocenters. The van der Waals surface area contributed by atoms with Gasteiger partial charge in [0.25, 0.3) is 0 Å². The first kappa shape index (κ1) is 21.4. The van der Waals surface area contributed by atoms with Crippen LogP contribution in [0.5, 0.6) is 0 Å². The molecule has 0 aromatic heterocycles. The van der Waals surface area contributed by atoms with Gasteiger partial charge in [0.15, 0.2) is 0 Å². The number of benzene rings is 2. The van der Waals surface area contributed by atoms with Crippen LogP contribution in [-0.2, 0) is 9.59 Å². The molecule has 29 heavy (non-hydrogen) atoms. The summed E-state index contributed by atoms with van der Waals surface area (Å²) < 4.78 is 0.878. The molecule has 1 aliphatic heterocycles. The van der Waals surface area contributed by atoms with Gasteiger partial charge in [0.05, 0.1) is 22.4 Å². The minimum absolute atomic E-state index is 0.0531. The van der Waals surface area contributed by atoms with Gasteiger partial charge in [0.2, 0.25) is 11.8 Å². The van der Waals surface area contributed by atoms with E-state index in [0.29, 0.717) is 21.3 Å². The summed E-state index contributed by atoms with van der Waals surface area (Å²) in [5, 5.41) is 16.2. The van der Waals surface area contributed by atoms with Crippen molar-refractivity contribution in [2.45, 2.75) is 19.3 Å². The first-order valence-corrected chi connectivity index (χ1v) is 10.9. The number of nitriles is 1. The second-order valence-corrected chi connectivity index (χ2v) is 8.82. The molecule has 0 saturated carbocycles. The topological polar surface area (TPSA) is 82.0 Å². The van der Waals surface area contributed by atoms with Crippen LogP contribution >= 0.6 is 39.3 Å². The summed E-state index contributed by atoms with van der Waals surface area (Å²) in [5.74, 6) is -0.717. The first-order valence-electron chi connectivity index (χ1n) is 8.75. The predicted octanol–water partition coefficient (Wildman–Crippen LogP) is 5.12. The number of amides is 2. The van der Waals surface area contributed by atoms with Gasteiger partial charge in [-0.25, -0.2) is 0 Å². The van der Waals surface area contributed by atoms with Crippen LogP contribution < -0.4 is 10.6 Å². The Hall–Kier alpha value is -2.27. The summed E-state index contributed by atoms with van der Waals surface area (Å²) in [7, 11) is 0. The lowest BCUT2D eigenvalue weighted by Crippen LogP contribution is -2.31. The number of rotatable bonds is 5. The maximum atomic E-state index is 12.3. The minimum Gasteiger partial charge on any atom is -0.325 e. The number of aryl methyl sites for hydroxylation is 1. The summed E-state index contributed by atoms with van der Waals surface area (Å²) in [6.45, 7) is 1.88. The number of nitrogens with zero attached hydrogens (tertiary/aromatic N) is 1. The highest BCUT2D eigenvalue weighted by atomic mass is 79.9. The zero-order valence-electron chi connectivity index (χ0n) is 15.5. The standard InChI is InChI=1S/C21H17BrClN3O2S/c1-12-5-6-15(8-18(12)23)25-20(28)11-29-21-17(10-24)16(9-19(27)26-21)13-3-2-4-14(22)7-13/h2-8,16H,9,11H2,1H3,(H,25,28)(H,26,27)/t16-/m0/s1. The van der Waals surface area contributed by atoms with E-state index in [1.807, 2.05) is 37.3 Å². The fourth-order valence-electron chi connectivity index (χ4n) is 2.95. The highest BCUT2D eigenvalue weighted by Crippen LogP contribution is 2.36. The smallest absolute Gasteiger partial charge is 0.234 e. The molecule has 0 saturated heterocycles. The van der Waals surface area contributed by atoms with Gasteiger partial charge in [0.1, 0.15) is 0 Å². The normalized spacial score (nSPS) is 16.2. The van der Waals surface area contributed by atoms with E-state index in [-0.39, 0.29) is 29.9 Å². The van der Waals surface area contributed by atoms with Crippen LogP contribution in [0.15, 0.2) is 57.5 Å². The van der Waals surface area contributed by atoms with Crippen molar-refractivity contribution in [2.75, 3.05) is 11.1 Å². The van der Waals surface area contributed by atoms with Gasteiger partial charge in [-0.1, -0.05) is 57.5 Å². The zero-order valence-corrected chi connectivity index (χ0v) is 18.6. The maximum Gasteiger partial charge on any atom is 0.234 e. The number of hydrogen-bond acceptors (Lipinski definition) is 4. The zero-order chi connectivity index (χ0) is 21.0. The van der Waals surface area contributed by atoms with Crippen molar-refractivity contribution < 1.29 is 9.59 Å². The van der Waals surface area contributed by atoms with E-state index in [1.165, 1.54) is 0 Å². The number of allylic oxidation sites excluding steroid dienone is 1. The van der Waals surface area contributed by atoms with E-state index in [4.69, 9.17) is 11.6 Å². The Bertz CT molecular complexity index is 1050. The van der Waals surface area contributed by atoms with E-state index >= 15 is 0 Å². The molecule has 5 nitrogen and oxygen atoms in total. The monoisotopic (exact) mass is 489 g/mol. The number of nitrogens with one attached hydrogen (secondary N) is 2. The molecule has 3 rings (SSSR count). The van der Waals surface area contributed by atoms with Crippen molar-refractivity contribution in [3.05, 3.63) is 73.7 Å². The third-order valence-electron chi connectivity index (χ3n) is 4.41. The molecule has 148 valence electrons. The molecule has 2 aromatic carbocycles. The van der Waals surface area contributed by atoms with Crippen LogP contribution in [0.3, 0.4) is 0 Å². The van der Waals surface area contributed by atoms with Crippen LogP contribution in [0.25, 0.3) is 0 Å². The summed E-state index contributed by atoms with van der Waals surface area (Å²) in [4.78, 5) is 24.5. The minimum atomic E-state index is -0.340. The van der Waals surface area contributed by atoms with E-state index in [0.717, 1.165) is 27.4 Å². The maximum absolute atomic E-state index is 12.3. The lowest BCUT2D eigenvalue weighted by molar-refractivity contribution is -0.121. The molecule has 2 N–H and O–H groups in total. The van der Waals surface area contributed by atoms with Crippen molar-refractivity contribution in [1.29, 1.82) is 5.26 Å². The largest absolute Gasteiger partial charge is 0.325 e. The molecule has 2 amide bonds. The van der Waals surface area contributed by atoms with E-state index < -0.39 is 0 Å². The van der Waals surface area contributed by atoms with Crippen molar-refractivity contribution in [3.63, 3.8) is 0 Å². The first-order chi connectivity index (χ1) is 13.9. The Labute approximate surface area is 186 Å². The summed E-state index contributed by atoms with van der Waals surface area (Å²) in [6, 6.07) is 15.0. The van der Waals surface area contributed by atoms with Crippen LogP contribution in [0.1, 0.15) is 23.5 Å². The third kappa shape index (κ3) is 5.41. The fourth-order valence-corrected chi connectivity index (χ4v) is 4.42. The quantitative estimate of drug-likeness (QED) is 0.609. The third-order valence-corrected chi connectivity index (χ3v) is 6.33. The summed E-state index contributed by atoms with van der Waals surface area (Å²) >= 11 is 10.6. The molecular weight excluding hydrogens is 474 g/mol. The second-order valence-electron chi connectivity index (χ2n) is 6.52. The van der Waals surface area contributed by atoms with E-state index in [2.05, 4.69) is 32.6 Å². The number of anilines is 1. The Morgan fingerprint density at radius 1 is 1.38 bits per heavy atom. The van der Waals surface area contributed by atoms with Crippen molar-refractivity contribution in [2.24, 2.45) is 0 Å². The van der Waals surface area contributed by atoms with Crippen molar-refractivity contribution >= 4 is 56.8 Å². The second kappa shape index (κ2) is 9.49. The van der Waals surface area contributed by atoms with Gasteiger partial charge >= 0.3 is 0 Å². The summed E-state index contributed by atoms with van der Waals surface area (Å²) in [6.07, 6.45) is 0.192. The van der Waals surface area contributed by atoms with Crippen LogP contribution in [-0.4, -0.2) is 17.6 Å². The molecule has 0 radical (unpaired) electrons. The molecule has 8 heteroatoms. The van der Waals surface area contributed by atoms with Gasteiger partial charge in [-0.2, -0.15) is 5.26 Å². The Balaban J connectivity index is 1.75. The number of hydrogen-bond donors (Lipinski definition) is 2. The van der Waals surface area contributed by atoms with Crippen LogP contribution in [0.4, 0.5) is 5.69 Å². The molecule has 0 spiro atoms. The SMILES string of the molecule is Cc1ccc(NC(=O)CSC2=C(C#N)[C@H](c3cccc(Br)c3)CC(=O)N2)cc1Cl. The highest BCUT2D eigenvalue weighted by Gasteiger charge is 2.30. The Morgan fingerprint density at radius 3 is 2.86 bits per heavy atom. The number of carbonyl (C=O) groups is 2. The molecule has 1 heterocycles. The molecule has 0 fully saturated rings. The fraction of sp³-hybridized carbons (Fsp3) is 0.190. The molecule has 2 aromatic rings. The van der Waals surface area contributed by atoms with Crippen molar-refractivity contribution in [3.8, 4) is 6.07 Å². The lowest BCUT2D eigenvalue weighted by Gasteiger charge is -2.25. The molecule has 0 unspecified atom stereocenters. The van der Waals surface area contributed by atoms with Gasteiger partial charge in [-0.05, 0) is 42.3 Å². The molecule has 1 aliphatic rings. The van der Waals surface area contributed by atoms with E-state index in [9.17, 15) is 14.9 Å². The average molecular weight is 491 g/mol. The van der Waals surface area contributed by atoms with Gasteiger partial charge < -0.3 is 10.6 Å². The number of carbonyl (C=O) groups excluding carboxylic acids is 2. The predicted molar refractivity (Wildman–Crippen MR) is 120 cm³/mol. The van der Waals surface area contributed by atoms with Crippen molar-refractivity contribution in [1.82, 2.24) is 5.32 Å².